The van der Waals surface area contributed by atoms with Gasteiger partial charge in [-0.15, -0.1) is 10.2 Å². The van der Waals surface area contributed by atoms with Gasteiger partial charge in [-0.3, -0.25) is 4.79 Å². The maximum Gasteiger partial charge on any atom is 0.224 e. The van der Waals surface area contributed by atoms with Crippen molar-refractivity contribution in [3.05, 3.63) is 24.3 Å². The zero-order chi connectivity index (χ0) is 14.1. The van der Waals surface area contributed by atoms with E-state index < -0.39 is 0 Å². The SMILES string of the molecule is CC/C=C/CC(=O)NC(C)c1nncn1CCOC. The van der Waals surface area contributed by atoms with Gasteiger partial charge in [0.05, 0.1) is 12.6 Å². The second kappa shape index (κ2) is 8.42. The fourth-order valence-electron chi connectivity index (χ4n) is 1.68. The normalized spacial score (nSPS) is 12.8. The van der Waals surface area contributed by atoms with E-state index >= 15 is 0 Å². The molecule has 1 N–H and O–H groups in total. The molecule has 0 aliphatic carbocycles. The molecule has 0 aliphatic heterocycles. The minimum Gasteiger partial charge on any atom is -0.383 e. The Morgan fingerprint density at radius 1 is 1.58 bits per heavy atom. The first-order valence-corrected chi connectivity index (χ1v) is 6.50. The highest BCUT2D eigenvalue weighted by Crippen LogP contribution is 2.09. The fraction of sp³-hybridized carbons (Fsp3) is 0.615. The van der Waals surface area contributed by atoms with Crippen LogP contribution in [0.1, 0.15) is 38.6 Å². The van der Waals surface area contributed by atoms with Gasteiger partial charge in [0.1, 0.15) is 6.33 Å². The van der Waals surface area contributed by atoms with Crippen molar-refractivity contribution in [1.82, 2.24) is 20.1 Å². The molecule has 19 heavy (non-hydrogen) atoms. The van der Waals surface area contributed by atoms with Gasteiger partial charge in [-0.2, -0.15) is 0 Å². The van der Waals surface area contributed by atoms with Gasteiger partial charge >= 0.3 is 0 Å². The molecule has 0 aliphatic rings. The van der Waals surface area contributed by atoms with Crippen molar-refractivity contribution in [1.29, 1.82) is 0 Å². The van der Waals surface area contributed by atoms with Crippen LogP contribution in [-0.2, 0) is 16.1 Å². The highest BCUT2D eigenvalue weighted by Gasteiger charge is 2.14. The minimum atomic E-state index is -0.165. The lowest BCUT2D eigenvalue weighted by molar-refractivity contribution is -0.120. The summed E-state index contributed by atoms with van der Waals surface area (Å²) in [6, 6.07) is -0.165. The Morgan fingerprint density at radius 2 is 2.37 bits per heavy atom. The van der Waals surface area contributed by atoms with Crippen molar-refractivity contribution in [2.24, 2.45) is 0 Å². The summed E-state index contributed by atoms with van der Waals surface area (Å²) in [5, 5.41) is 10.8. The van der Waals surface area contributed by atoms with Crippen LogP contribution in [0.5, 0.6) is 0 Å². The first kappa shape index (κ1) is 15.4. The van der Waals surface area contributed by atoms with Crippen molar-refractivity contribution < 1.29 is 9.53 Å². The summed E-state index contributed by atoms with van der Waals surface area (Å²) in [6.45, 7) is 5.20. The summed E-state index contributed by atoms with van der Waals surface area (Å²) < 4.78 is 6.91. The van der Waals surface area contributed by atoms with E-state index in [-0.39, 0.29) is 11.9 Å². The second-order valence-corrected chi connectivity index (χ2v) is 4.25. The average Bonchev–Trinajstić information content (AvgIpc) is 2.85. The first-order valence-electron chi connectivity index (χ1n) is 6.50. The summed E-state index contributed by atoms with van der Waals surface area (Å²) in [4.78, 5) is 11.7. The number of rotatable bonds is 8. The predicted octanol–water partition coefficient (Wildman–Crippen LogP) is 1.46. The maximum absolute atomic E-state index is 11.7. The molecule has 0 radical (unpaired) electrons. The molecule has 1 atom stereocenters. The van der Waals surface area contributed by atoms with E-state index in [0.29, 0.717) is 19.6 Å². The number of ether oxygens (including phenoxy) is 1. The Morgan fingerprint density at radius 3 is 3.05 bits per heavy atom. The van der Waals surface area contributed by atoms with E-state index in [0.717, 1.165) is 12.2 Å². The van der Waals surface area contributed by atoms with Gasteiger partial charge in [-0.05, 0) is 13.3 Å². The number of carbonyl (C=O) groups excluding carboxylic acids is 1. The van der Waals surface area contributed by atoms with E-state index in [2.05, 4.69) is 15.5 Å². The zero-order valence-corrected chi connectivity index (χ0v) is 11.8. The average molecular weight is 266 g/mol. The van der Waals surface area contributed by atoms with E-state index in [4.69, 9.17) is 4.74 Å². The molecular weight excluding hydrogens is 244 g/mol. The molecule has 0 spiro atoms. The van der Waals surface area contributed by atoms with Gasteiger partial charge in [0.2, 0.25) is 5.91 Å². The molecule has 1 aromatic heterocycles. The van der Waals surface area contributed by atoms with Crippen LogP contribution in [0.2, 0.25) is 0 Å². The van der Waals surface area contributed by atoms with Gasteiger partial charge in [0.25, 0.3) is 0 Å². The van der Waals surface area contributed by atoms with E-state index in [1.54, 1.807) is 13.4 Å². The second-order valence-electron chi connectivity index (χ2n) is 4.25. The number of allylic oxidation sites excluding steroid dienone is 1. The predicted molar refractivity (Wildman–Crippen MR) is 72.5 cm³/mol. The molecule has 106 valence electrons. The number of nitrogens with zero attached hydrogens (tertiary/aromatic N) is 3. The molecule has 6 heteroatoms. The molecular formula is C13H22N4O2. The van der Waals surface area contributed by atoms with Gasteiger partial charge in [-0.1, -0.05) is 19.1 Å². The van der Waals surface area contributed by atoms with Crippen LogP contribution in [0.15, 0.2) is 18.5 Å². The van der Waals surface area contributed by atoms with Crippen LogP contribution in [0.25, 0.3) is 0 Å². The van der Waals surface area contributed by atoms with Crippen molar-refractivity contribution >= 4 is 5.91 Å². The Kier molecular flexibility index (Phi) is 6.81. The van der Waals surface area contributed by atoms with Crippen LogP contribution in [0.4, 0.5) is 0 Å². The fourth-order valence-corrected chi connectivity index (χ4v) is 1.68. The van der Waals surface area contributed by atoms with Crippen LogP contribution in [-0.4, -0.2) is 34.4 Å². The number of amides is 1. The summed E-state index contributed by atoms with van der Waals surface area (Å²) in [6.07, 6.45) is 6.83. The summed E-state index contributed by atoms with van der Waals surface area (Å²) in [7, 11) is 1.65. The van der Waals surface area contributed by atoms with E-state index in [1.807, 2.05) is 30.6 Å². The van der Waals surface area contributed by atoms with E-state index in [1.165, 1.54) is 0 Å². The third-order valence-electron chi connectivity index (χ3n) is 2.65. The number of carbonyl (C=O) groups is 1. The van der Waals surface area contributed by atoms with Gasteiger partial charge in [0, 0.05) is 20.1 Å². The Balaban J connectivity index is 2.52. The van der Waals surface area contributed by atoms with Gasteiger partial charge in [-0.25, -0.2) is 0 Å². The largest absolute Gasteiger partial charge is 0.383 e. The molecule has 0 aromatic carbocycles. The third kappa shape index (κ3) is 5.21. The molecule has 0 saturated carbocycles. The molecule has 1 unspecified atom stereocenters. The number of hydrogen-bond donors (Lipinski definition) is 1. The molecule has 6 nitrogen and oxygen atoms in total. The molecule has 1 heterocycles. The topological polar surface area (TPSA) is 69.0 Å². The standard InChI is InChI=1S/C13H22N4O2/c1-4-5-6-7-12(18)15-11(2)13-16-14-10-17(13)8-9-19-3/h5-6,10-11H,4,7-9H2,1-3H3,(H,15,18)/b6-5+. The summed E-state index contributed by atoms with van der Waals surface area (Å²) >= 11 is 0. The van der Waals surface area contributed by atoms with Crippen molar-refractivity contribution in [2.45, 2.75) is 39.3 Å². The van der Waals surface area contributed by atoms with Crippen LogP contribution >= 0.6 is 0 Å². The van der Waals surface area contributed by atoms with Crippen molar-refractivity contribution in [2.75, 3.05) is 13.7 Å². The Bertz CT molecular complexity index is 415. The van der Waals surface area contributed by atoms with Gasteiger partial charge < -0.3 is 14.6 Å². The summed E-state index contributed by atoms with van der Waals surface area (Å²) in [5.74, 6) is 0.725. The molecule has 0 saturated heterocycles. The van der Waals surface area contributed by atoms with Gasteiger partial charge in [0.15, 0.2) is 5.82 Å². The third-order valence-corrected chi connectivity index (χ3v) is 2.65. The van der Waals surface area contributed by atoms with Crippen LogP contribution in [0.3, 0.4) is 0 Å². The lowest BCUT2D eigenvalue weighted by Gasteiger charge is -2.14. The van der Waals surface area contributed by atoms with Crippen LogP contribution in [0, 0.1) is 0 Å². The first-order chi connectivity index (χ1) is 9.19. The highest BCUT2D eigenvalue weighted by molar-refractivity contribution is 5.77. The molecule has 1 aromatic rings. The molecule has 1 rings (SSSR count). The van der Waals surface area contributed by atoms with Crippen molar-refractivity contribution in [3.63, 3.8) is 0 Å². The lowest BCUT2D eigenvalue weighted by Crippen LogP contribution is -2.28. The smallest absolute Gasteiger partial charge is 0.224 e. The molecule has 1 amide bonds. The monoisotopic (exact) mass is 266 g/mol. The van der Waals surface area contributed by atoms with E-state index in [9.17, 15) is 4.79 Å². The zero-order valence-electron chi connectivity index (χ0n) is 11.8. The minimum absolute atomic E-state index is 0.0153. The summed E-state index contributed by atoms with van der Waals surface area (Å²) in [5.41, 5.74) is 0. The quantitative estimate of drug-likeness (QED) is 0.723. The lowest BCUT2D eigenvalue weighted by atomic mass is 10.2. The number of nitrogens with one attached hydrogen (secondary N) is 1. The Labute approximate surface area is 113 Å². The highest BCUT2D eigenvalue weighted by atomic mass is 16.5. The number of hydrogen-bond acceptors (Lipinski definition) is 4. The van der Waals surface area contributed by atoms with Crippen LogP contribution < -0.4 is 5.32 Å². The maximum atomic E-state index is 11.7. The van der Waals surface area contributed by atoms with Crippen molar-refractivity contribution in [3.8, 4) is 0 Å². The number of methoxy groups -OCH3 is 1. The Hall–Kier alpha value is -1.69. The molecule has 0 bridgehead atoms. The number of aromatic nitrogens is 3. The molecule has 0 fully saturated rings.